The van der Waals surface area contributed by atoms with Crippen molar-refractivity contribution in [1.82, 2.24) is 4.90 Å². The van der Waals surface area contributed by atoms with Gasteiger partial charge in [-0.25, -0.2) is 0 Å². The molecule has 21 heavy (non-hydrogen) atoms. The maximum atomic E-state index is 8.74. The van der Waals surface area contributed by atoms with E-state index in [0.717, 1.165) is 24.5 Å². The molecule has 108 valence electrons. The molecule has 0 fully saturated rings. The number of thiophene rings is 1. The Morgan fingerprint density at radius 1 is 1.14 bits per heavy atom. The van der Waals surface area contributed by atoms with Crippen LogP contribution in [0.2, 0.25) is 0 Å². The van der Waals surface area contributed by atoms with Crippen molar-refractivity contribution in [3.63, 3.8) is 0 Å². The second-order valence-corrected chi connectivity index (χ2v) is 6.48. The minimum Gasteiger partial charge on any atom is -0.384 e. The van der Waals surface area contributed by atoms with E-state index in [2.05, 4.69) is 53.1 Å². The second-order valence-electron chi connectivity index (χ2n) is 5.31. The number of benzene rings is 1. The molecular weight excluding hydrogens is 278 g/mol. The van der Waals surface area contributed by atoms with Crippen LogP contribution in [0.25, 0.3) is 0 Å². The first-order valence-electron chi connectivity index (χ1n) is 7.33. The van der Waals surface area contributed by atoms with E-state index in [1.807, 2.05) is 0 Å². The van der Waals surface area contributed by atoms with Crippen LogP contribution in [0.15, 0.2) is 36.4 Å². The Morgan fingerprint density at radius 3 is 2.86 bits per heavy atom. The standard InChI is InChI=1S/C18H19NOS/c20-12-4-8-17-9-10-18(21-17)14-19-11-3-7-15-5-1-2-6-16(15)13-19/h1-2,5-6,9-10,20H,3,7,11-14H2. The smallest absolute Gasteiger partial charge is 0.104 e. The van der Waals surface area contributed by atoms with Crippen LogP contribution in [-0.2, 0) is 19.5 Å². The van der Waals surface area contributed by atoms with Gasteiger partial charge in [0.2, 0.25) is 0 Å². The van der Waals surface area contributed by atoms with E-state index in [1.165, 1.54) is 28.8 Å². The minimum atomic E-state index is -0.0733. The van der Waals surface area contributed by atoms with Gasteiger partial charge in [0.25, 0.3) is 0 Å². The molecule has 0 aliphatic carbocycles. The quantitative estimate of drug-likeness (QED) is 0.861. The molecule has 2 nitrogen and oxygen atoms in total. The molecule has 1 aliphatic heterocycles. The van der Waals surface area contributed by atoms with Crippen LogP contribution in [0.3, 0.4) is 0 Å². The summed E-state index contributed by atoms with van der Waals surface area (Å²) in [6.45, 7) is 3.09. The Hall–Kier alpha value is -1.60. The lowest BCUT2D eigenvalue weighted by Crippen LogP contribution is -2.22. The SMILES string of the molecule is OCC#Cc1ccc(CN2CCCc3ccccc3C2)s1. The van der Waals surface area contributed by atoms with Crippen molar-refractivity contribution in [2.24, 2.45) is 0 Å². The van der Waals surface area contributed by atoms with Gasteiger partial charge in [0.15, 0.2) is 0 Å². The number of nitrogens with zero attached hydrogens (tertiary/aromatic N) is 1. The Balaban J connectivity index is 1.69. The summed E-state index contributed by atoms with van der Waals surface area (Å²) in [5, 5.41) is 8.74. The highest BCUT2D eigenvalue weighted by Gasteiger charge is 2.14. The number of hydrogen-bond acceptors (Lipinski definition) is 3. The van der Waals surface area contributed by atoms with Crippen molar-refractivity contribution >= 4 is 11.3 Å². The average molecular weight is 297 g/mol. The molecule has 0 saturated carbocycles. The third-order valence-electron chi connectivity index (χ3n) is 3.76. The van der Waals surface area contributed by atoms with Crippen LogP contribution in [0.1, 0.15) is 27.3 Å². The summed E-state index contributed by atoms with van der Waals surface area (Å²) in [6, 6.07) is 13.0. The largest absolute Gasteiger partial charge is 0.384 e. The van der Waals surface area contributed by atoms with E-state index in [4.69, 9.17) is 5.11 Å². The first-order valence-corrected chi connectivity index (χ1v) is 8.14. The molecule has 0 unspecified atom stereocenters. The molecule has 0 spiro atoms. The topological polar surface area (TPSA) is 23.5 Å². The fourth-order valence-corrected chi connectivity index (χ4v) is 3.71. The van der Waals surface area contributed by atoms with Gasteiger partial charge in [-0.2, -0.15) is 0 Å². The number of hydrogen-bond donors (Lipinski definition) is 1. The summed E-state index contributed by atoms with van der Waals surface area (Å²) in [5.41, 5.74) is 2.97. The molecule has 1 aromatic heterocycles. The van der Waals surface area contributed by atoms with E-state index in [-0.39, 0.29) is 6.61 Å². The molecule has 1 N–H and O–H groups in total. The molecule has 1 aromatic carbocycles. The zero-order valence-corrected chi connectivity index (χ0v) is 12.8. The van der Waals surface area contributed by atoms with E-state index >= 15 is 0 Å². The number of aryl methyl sites for hydroxylation is 1. The van der Waals surface area contributed by atoms with Crippen LogP contribution in [0.5, 0.6) is 0 Å². The third-order valence-corrected chi connectivity index (χ3v) is 4.75. The monoisotopic (exact) mass is 297 g/mol. The lowest BCUT2D eigenvalue weighted by Gasteiger charge is -2.19. The molecule has 0 saturated heterocycles. The van der Waals surface area contributed by atoms with Crippen molar-refractivity contribution in [3.05, 3.63) is 57.3 Å². The van der Waals surface area contributed by atoms with Crippen LogP contribution in [-0.4, -0.2) is 23.2 Å². The number of aliphatic hydroxyl groups excluding tert-OH is 1. The van der Waals surface area contributed by atoms with Crippen molar-refractivity contribution in [2.45, 2.75) is 25.9 Å². The van der Waals surface area contributed by atoms with Gasteiger partial charge in [-0.15, -0.1) is 11.3 Å². The molecule has 2 aromatic rings. The normalized spacial score (nSPS) is 14.9. The van der Waals surface area contributed by atoms with Gasteiger partial charge >= 0.3 is 0 Å². The lowest BCUT2D eigenvalue weighted by molar-refractivity contribution is 0.263. The molecule has 1 aliphatic rings. The minimum absolute atomic E-state index is 0.0733. The van der Waals surface area contributed by atoms with E-state index < -0.39 is 0 Å². The molecule has 2 heterocycles. The van der Waals surface area contributed by atoms with Gasteiger partial charge in [0.1, 0.15) is 6.61 Å². The summed E-state index contributed by atoms with van der Waals surface area (Å²) in [4.78, 5) is 4.90. The van der Waals surface area contributed by atoms with Gasteiger partial charge < -0.3 is 5.11 Å². The highest BCUT2D eigenvalue weighted by Crippen LogP contribution is 2.22. The first-order chi connectivity index (χ1) is 10.3. The van der Waals surface area contributed by atoms with Gasteiger partial charge in [0, 0.05) is 18.0 Å². The van der Waals surface area contributed by atoms with Crippen LogP contribution in [0, 0.1) is 11.8 Å². The van der Waals surface area contributed by atoms with Crippen LogP contribution >= 0.6 is 11.3 Å². The zero-order valence-electron chi connectivity index (χ0n) is 12.0. The second kappa shape index (κ2) is 6.91. The first kappa shape index (κ1) is 14.3. The summed E-state index contributed by atoms with van der Waals surface area (Å²) < 4.78 is 0. The summed E-state index contributed by atoms with van der Waals surface area (Å²) in [7, 11) is 0. The molecule has 0 amide bonds. The summed E-state index contributed by atoms with van der Waals surface area (Å²) in [5.74, 6) is 5.69. The van der Waals surface area contributed by atoms with Crippen molar-refractivity contribution in [2.75, 3.05) is 13.2 Å². The number of fused-ring (bicyclic) bond motifs is 1. The van der Waals surface area contributed by atoms with Crippen molar-refractivity contribution in [1.29, 1.82) is 0 Å². The van der Waals surface area contributed by atoms with Crippen LogP contribution in [0.4, 0.5) is 0 Å². The predicted octanol–water partition coefficient (Wildman–Crippen LogP) is 3.04. The molecule has 0 bridgehead atoms. The van der Waals surface area contributed by atoms with E-state index in [1.54, 1.807) is 11.3 Å². The fourth-order valence-electron chi connectivity index (χ4n) is 2.78. The Labute approximate surface area is 130 Å². The Bertz CT molecular complexity index is 665. The molecular formula is C18H19NOS. The maximum Gasteiger partial charge on any atom is 0.104 e. The number of rotatable bonds is 2. The highest BCUT2D eigenvalue weighted by molar-refractivity contribution is 7.12. The fraction of sp³-hybridized carbons (Fsp3) is 0.333. The average Bonchev–Trinajstić information content (AvgIpc) is 2.83. The number of aliphatic hydroxyl groups is 1. The summed E-state index contributed by atoms with van der Waals surface area (Å²) >= 11 is 1.73. The summed E-state index contributed by atoms with van der Waals surface area (Å²) in [6.07, 6.45) is 2.41. The van der Waals surface area contributed by atoms with Crippen molar-refractivity contribution < 1.29 is 5.11 Å². The molecule has 3 rings (SSSR count). The van der Waals surface area contributed by atoms with E-state index in [0.29, 0.717) is 0 Å². The molecule has 3 heteroatoms. The van der Waals surface area contributed by atoms with Gasteiger partial charge in [0.05, 0.1) is 4.88 Å². The van der Waals surface area contributed by atoms with Gasteiger partial charge in [-0.3, -0.25) is 4.90 Å². The molecule has 0 atom stereocenters. The lowest BCUT2D eigenvalue weighted by atomic mass is 10.0. The molecule has 0 radical (unpaired) electrons. The van der Waals surface area contributed by atoms with Crippen molar-refractivity contribution in [3.8, 4) is 11.8 Å². The maximum absolute atomic E-state index is 8.74. The zero-order chi connectivity index (χ0) is 14.5. The van der Waals surface area contributed by atoms with Gasteiger partial charge in [-0.05, 0) is 42.6 Å². The van der Waals surface area contributed by atoms with Crippen LogP contribution < -0.4 is 0 Å². The Morgan fingerprint density at radius 2 is 2.00 bits per heavy atom. The van der Waals surface area contributed by atoms with Gasteiger partial charge in [-0.1, -0.05) is 36.1 Å². The van der Waals surface area contributed by atoms with E-state index in [9.17, 15) is 0 Å². The third kappa shape index (κ3) is 3.74. The highest BCUT2D eigenvalue weighted by atomic mass is 32.1. The predicted molar refractivity (Wildman–Crippen MR) is 87.2 cm³/mol. The Kier molecular flexibility index (Phi) is 4.72.